The van der Waals surface area contributed by atoms with Crippen molar-refractivity contribution < 1.29 is 21.6 Å². The molecule has 1 heterocycles. The molecule has 0 amide bonds. The Bertz CT molecular complexity index is 896. The number of benzene rings is 1. The molecular formula is C14H19N3O5S2. The Morgan fingerprint density at radius 3 is 2.25 bits per heavy atom. The van der Waals surface area contributed by atoms with Gasteiger partial charge < -0.3 is 4.74 Å². The molecule has 0 unspecified atom stereocenters. The van der Waals surface area contributed by atoms with Crippen LogP contribution in [0, 0.1) is 13.8 Å². The zero-order valence-electron chi connectivity index (χ0n) is 13.5. The van der Waals surface area contributed by atoms with E-state index >= 15 is 0 Å². The lowest BCUT2D eigenvalue weighted by molar-refractivity contribution is 0.414. The van der Waals surface area contributed by atoms with Crippen molar-refractivity contribution in [2.45, 2.75) is 23.6 Å². The molecule has 2 rings (SSSR count). The van der Waals surface area contributed by atoms with E-state index in [1.807, 2.05) is 0 Å². The molecule has 2 N–H and O–H groups in total. The van der Waals surface area contributed by atoms with Crippen molar-refractivity contribution in [2.75, 3.05) is 19.4 Å². The Morgan fingerprint density at radius 1 is 1.12 bits per heavy atom. The highest BCUT2D eigenvalue weighted by Gasteiger charge is 2.23. The van der Waals surface area contributed by atoms with Crippen LogP contribution in [0.2, 0.25) is 0 Å². The number of sulfone groups is 1. The summed E-state index contributed by atoms with van der Waals surface area (Å²) in [6, 6.07) is 5.92. The number of methoxy groups -OCH3 is 1. The van der Waals surface area contributed by atoms with Gasteiger partial charge in [-0.25, -0.2) is 21.6 Å². The molecule has 0 saturated carbocycles. The summed E-state index contributed by atoms with van der Waals surface area (Å²) in [6.07, 6.45) is 0. The third kappa shape index (κ3) is 3.94. The van der Waals surface area contributed by atoms with Gasteiger partial charge in [-0.2, -0.15) is 5.10 Å². The van der Waals surface area contributed by atoms with Gasteiger partial charge >= 0.3 is 0 Å². The maximum Gasteiger partial charge on any atom is 0.244 e. The Kier molecular flexibility index (Phi) is 5.31. The molecule has 132 valence electrons. The van der Waals surface area contributed by atoms with Gasteiger partial charge in [-0.1, -0.05) is 0 Å². The standard InChI is InChI=1S/C14H19N3O5S2/c1-10-14(11(2)17-16-10)24(20,21)15-8-9-23(18,19)13-6-4-12(22-3)5-7-13/h4-7,15H,8-9H2,1-3H3,(H,16,17). The highest BCUT2D eigenvalue weighted by atomic mass is 32.2. The number of sulfonamides is 1. The fraction of sp³-hybridized carbons (Fsp3) is 0.357. The topological polar surface area (TPSA) is 118 Å². The molecule has 0 aliphatic carbocycles. The molecule has 10 heteroatoms. The van der Waals surface area contributed by atoms with Crippen molar-refractivity contribution in [3.05, 3.63) is 35.7 Å². The summed E-state index contributed by atoms with van der Waals surface area (Å²) in [5.74, 6) is 0.190. The van der Waals surface area contributed by atoms with Crippen molar-refractivity contribution >= 4 is 19.9 Å². The number of hydrogen-bond acceptors (Lipinski definition) is 6. The first kappa shape index (κ1) is 18.4. The molecule has 0 fully saturated rings. The Labute approximate surface area is 141 Å². The average molecular weight is 373 g/mol. The van der Waals surface area contributed by atoms with Gasteiger partial charge in [-0.3, -0.25) is 5.10 Å². The van der Waals surface area contributed by atoms with Crippen LogP contribution in [0.1, 0.15) is 11.4 Å². The summed E-state index contributed by atoms with van der Waals surface area (Å²) in [4.78, 5) is 0.155. The summed E-state index contributed by atoms with van der Waals surface area (Å²) in [5.41, 5.74) is 0.732. The molecule has 0 bridgehead atoms. The molecule has 0 atom stereocenters. The third-order valence-electron chi connectivity index (χ3n) is 3.41. The van der Waals surface area contributed by atoms with Crippen molar-refractivity contribution in [3.8, 4) is 5.75 Å². The van der Waals surface area contributed by atoms with E-state index in [0.29, 0.717) is 17.1 Å². The van der Waals surface area contributed by atoms with Gasteiger partial charge in [0.15, 0.2) is 9.84 Å². The number of rotatable bonds is 7. The van der Waals surface area contributed by atoms with Crippen LogP contribution in [0.3, 0.4) is 0 Å². The minimum absolute atomic E-state index is 0.0457. The highest BCUT2D eigenvalue weighted by molar-refractivity contribution is 7.91. The first-order valence-electron chi connectivity index (χ1n) is 7.05. The number of aromatic amines is 1. The molecule has 24 heavy (non-hydrogen) atoms. The van der Waals surface area contributed by atoms with E-state index < -0.39 is 19.9 Å². The number of ether oxygens (including phenoxy) is 1. The molecule has 1 aromatic carbocycles. The smallest absolute Gasteiger partial charge is 0.244 e. The molecule has 0 aliphatic heterocycles. The number of hydrogen-bond donors (Lipinski definition) is 2. The van der Waals surface area contributed by atoms with E-state index in [1.165, 1.54) is 31.4 Å². The molecule has 1 aromatic heterocycles. The Morgan fingerprint density at radius 2 is 1.75 bits per heavy atom. The lowest BCUT2D eigenvalue weighted by Crippen LogP contribution is -2.30. The number of aryl methyl sites for hydroxylation is 2. The monoisotopic (exact) mass is 373 g/mol. The molecule has 0 saturated heterocycles. The van der Waals surface area contributed by atoms with Crippen molar-refractivity contribution in [3.63, 3.8) is 0 Å². The summed E-state index contributed by atoms with van der Waals surface area (Å²) in [5, 5.41) is 6.42. The van der Waals surface area contributed by atoms with E-state index in [4.69, 9.17) is 4.74 Å². The highest BCUT2D eigenvalue weighted by Crippen LogP contribution is 2.18. The van der Waals surface area contributed by atoms with Crippen LogP contribution in [0.25, 0.3) is 0 Å². The predicted molar refractivity (Wildman–Crippen MR) is 88.3 cm³/mol. The van der Waals surface area contributed by atoms with Gasteiger partial charge in [0, 0.05) is 6.54 Å². The van der Waals surface area contributed by atoms with Crippen LogP contribution in [0.5, 0.6) is 5.75 Å². The van der Waals surface area contributed by atoms with Gasteiger partial charge in [-0.15, -0.1) is 0 Å². The second-order valence-electron chi connectivity index (χ2n) is 5.16. The van der Waals surface area contributed by atoms with E-state index in [1.54, 1.807) is 13.8 Å². The quantitative estimate of drug-likeness (QED) is 0.741. The van der Waals surface area contributed by atoms with Crippen molar-refractivity contribution in [1.29, 1.82) is 0 Å². The van der Waals surface area contributed by atoms with Crippen LogP contribution in [0.15, 0.2) is 34.1 Å². The van der Waals surface area contributed by atoms with E-state index in [9.17, 15) is 16.8 Å². The maximum atomic E-state index is 12.3. The van der Waals surface area contributed by atoms with Crippen LogP contribution in [-0.2, 0) is 19.9 Å². The number of aromatic nitrogens is 2. The minimum atomic E-state index is -3.82. The second kappa shape index (κ2) is 6.91. The van der Waals surface area contributed by atoms with Crippen molar-refractivity contribution in [1.82, 2.24) is 14.9 Å². The van der Waals surface area contributed by atoms with E-state index in [0.717, 1.165) is 0 Å². The molecular weight excluding hydrogens is 354 g/mol. The fourth-order valence-corrected chi connectivity index (χ4v) is 4.90. The lowest BCUT2D eigenvalue weighted by Gasteiger charge is -2.08. The second-order valence-corrected chi connectivity index (χ2v) is 8.97. The zero-order valence-corrected chi connectivity index (χ0v) is 15.2. The van der Waals surface area contributed by atoms with E-state index in [2.05, 4.69) is 14.9 Å². The van der Waals surface area contributed by atoms with Gasteiger partial charge in [0.1, 0.15) is 10.6 Å². The fourth-order valence-electron chi connectivity index (χ4n) is 2.22. The number of nitrogens with one attached hydrogen (secondary N) is 2. The number of nitrogens with zero attached hydrogens (tertiary/aromatic N) is 1. The Balaban J connectivity index is 2.07. The molecule has 0 spiro atoms. The van der Waals surface area contributed by atoms with Gasteiger partial charge in [0.25, 0.3) is 0 Å². The molecule has 0 radical (unpaired) electrons. The summed E-state index contributed by atoms with van der Waals surface area (Å²) in [6.45, 7) is 2.91. The Hall–Kier alpha value is -1.91. The van der Waals surface area contributed by atoms with Gasteiger partial charge in [-0.05, 0) is 38.1 Å². The van der Waals surface area contributed by atoms with Crippen LogP contribution in [0.4, 0.5) is 0 Å². The molecule has 2 aromatic rings. The van der Waals surface area contributed by atoms with Crippen LogP contribution < -0.4 is 9.46 Å². The van der Waals surface area contributed by atoms with Crippen LogP contribution in [-0.4, -0.2) is 46.4 Å². The normalized spacial score (nSPS) is 12.3. The third-order valence-corrected chi connectivity index (χ3v) is 6.87. The summed E-state index contributed by atoms with van der Waals surface area (Å²) in [7, 11) is -5.94. The average Bonchev–Trinajstić information content (AvgIpc) is 2.86. The summed E-state index contributed by atoms with van der Waals surface area (Å²) >= 11 is 0. The van der Waals surface area contributed by atoms with Crippen molar-refractivity contribution in [2.24, 2.45) is 0 Å². The molecule has 0 aliphatic rings. The van der Waals surface area contributed by atoms with E-state index in [-0.39, 0.29) is 22.1 Å². The van der Waals surface area contributed by atoms with Gasteiger partial charge in [0.2, 0.25) is 10.0 Å². The zero-order chi connectivity index (χ0) is 18.0. The lowest BCUT2D eigenvalue weighted by atomic mass is 10.3. The predicted octanol–water partition coefficient (Wildman–Crippen LogP) is 0.787. The first-order valence-corrected chi connectivity index (χ1v) is 10.2. The van der Waals surface area contributed by atoms with Gasteiger partial charge in [0.05, 0.1) is 29.1 Å². The molecule has 8 nitrogen and oxygen atoms in total. The van der Waals surface area contributed by atoms with Crippen LogP contribution >= 0.6 is 0 Å². The minimum Gasteiger partial charge on any atom is -0.497 e. The number of H-pyrrole nitrogens is 1. The summed E-state index contributed by atoms with van der Waals surface area (Å²) < 4.78 is 56.3. The maximum absolute atomic E-state index is 12.3. The SMILES string of the molecule is COc1ccc(S(=O)(=O)CCNS(=O)(=O)c2c(C)n[nH]c2C)cc1. The first-order chi connectivity index (χ1) is 11.2. The largest absolute Gasteiger partial charge is 0.497 e.